The number of ether oxygens (including phenoxy) is 1. The lowest BCUT2D eigenvalue weighted by Gasteiger charge is -2.34. The Morgan fingerprint density at radius 1 is 1.06 bits per heavy atom. The average Bonchev–Trinajstić information content (AvgIpc) is 2.72. The van der Waals surface area contributed by atoms with E-state index in [0.29, 0.717) is 31.7 Å². The molecule has 172 valence electrons. The Bertz CT molecular complexity index is 1110. The van der Waals surface area contributed by atoms with Crippen LogP contribution < -0.4 is 17.0 Å². The van der Waals surface area contributed by atoms with Crippen LogP contribution in [0.4, 0.5) is 5.82 Å². The summed E-state index contributed by atoms with van der Waals surface area (Å²) in [5, 5.41) is 0. The van der Waals surface area contributed by atoms with E-state index >= 15 is 0 Å². The van der Waals surface area contributed by atoms with Crippen LogP contribution in [0.3, 0.4) is 0 Å². The number of methoxy groups -OCH3 is 1. The van der Waals surface area contributed by atoms with Crippen molar-refractivity contribution < 1.29 is 14.3 Å². The van der Waals surface area contributed by atoms with Gasteiger partial charge in [0.2, 0.25) is 0 Å². The van der Waals surface area contributed by atoms with Crippen LogP contribution in [0.1, 0.15) is 31.8 Å². The second-order valence-electron chi connectivity index (χ2n) is 8.03. The number of Topliss-reactive ketones (excluding diaryl/α,β-unsaturated/α-hetero) is 1. The van der Waals surface area contributed by atoms with Crippen molar-refractivity contribution in [2.45, 2.75) is 20.4 Å². The zero-order chi connectivity index (χ0) is 23.4. The quantitative estimate of drug-likeness (QED) is 0.577. The molecule has 3 rings (SSSR count). The predicted molar refractivity (Wildman–Crippen MR) is 120 cm³/mol. The number of nitrogens with two attached hydrogens (primary N) is 1. The molecule has 0 saturated carbocycles. The fraction of sp³-hybridized carbons (Fsp3) is 0.455. The van der Waals surface area contributed by atoms with Gasteiger partial charge in [0.1, 0.15) is 11.4 Å². The fourth-order valence-electron chi connectivity index (χ4n) is 3.93. The normalized spacial score (nSPS) is 14.5. The third kappa shape index (κ3) is 5.14. The zero-order valence-corrected chi connectivity index (χ0v) is 18.6. The van der Waals surface area contributed by atoms with E-state index in [1.165, 1.54) is 7.11 Å². The van der Waals surface area contributed by atoms with Crippen molar-refractivity contribution in [3.05, 3.63) is 61.3 Å². The Balaban J connectivity index is 1.66. The van der Waals surface area contributed by atoms with Gasteiger partial charge in [0, 0.05) is 38.9 Å². The lowest BCUT2D eigenvalue weighted by Crippen LogP contribution is -2.50. The molecular formula is C22H29N5O5. The number of H-pyrrole nitrogens is 1. The van der Waals surface area contributed by atoms with Crippen molar-refractivity contribution >= 4 is 17.5 Å². The fourth-order valence-corrected chi connectivity index (χ4v) is 3.93. The van der Waals surface area contributed by atoms with Crippen molar-refractivity contribution in [2.24, 2.45) is 0 Å². The number of carbonyl (C=O) groups is 2. The molecule has 2 heterocycles. The minimum Gasteiger partial charge on any atom is -0.384 e. The number of hydrogen-bond donors (Lipinski definition) is 2. The first-order valence-corrected chi connectivity index (χ1v) is 10.5. The van der Waals surface area contributed by atoms with Crippen LogP contribution in [-0.2, 0) is 11.3 Å². The van der Waals surface area contributed by atoms with Gasteiger partial charge >= 0.3 is 5.69 Å². The molecule has 0 unspecified atom stereocenters. The van der Waals surface area contributed by atoms with Crippen LogP contribution in [-0.4, -0.2) is 77.5 Å². The van der Waals surface area contributed by atoms with Gasteiger partial charge in [-0.2, -0.15) is 0 Å². The zero-order valence-electron chi connectivity index (χ0n) is 18.6. The van der Waals surface area contributed by atoms with Gasteiger partial charge in [0.05, 0.1) is 19.7 Å². The molecule has 1 aliphatic rings. The summed E-state index contributed by atoms with van der Waals surface area (Å²) in [5.41, 5.74) is 7.00. The molecule has 1 fully saturated rings. The van der Waals surface area contributed by atoms with E-state index in [1.54, 1.807) is 4.90 Å². The average molecular weight is 444 g/mol. The molecule has 10 nitrogen and oxygen atoms in total. The number of nitrogen functional groups attached to an aromatic ring is 1. The third-order valence-electron chi connectivity index (χ3n) is 5.53. The Kier molecular flexibility index (Phi) is 7.26. The van der Waals surface area contributed by atoms with E-state index in [4.69, 9.17) is 10.5 Å². The highest BCUT2D eigenvalue weighted by Gasteiger charge is 2.26. The van der Waals surface area contributed by atoms with E-state index in [1.807, 2.05) is 36.9 Å². The molecule has 1 aromatic carbocycles. The Morgan fingerprint density at radius 2 is 1.69 bits per heavy atom. The highest BCUT2D eigenvalue weighted by atomic mass is 16.5. The first-order chi connectivity index (χ1) is 15.2. The van der Waals surface area contributed by atoms with Gasteiger partial charge in [-0.25, -0.2) is 4.79 Å². The number of nitrogens with zero attached hydrogens (tertiary/aromatic N) is 3. The number of amides is 1. The number of aryl methyl sites for hydroxylation is 2. The van der Waals surface area contributed by atoms with Gasteiger partial charge in [-0.3, -0.25) is 28.8 Å². The Labute approximate surface area is 185 Å². The van der Waals surface area contributed by atoms with Gasteiger partial charge in [0.25, 0.3) is 11.5 Å². The lowest BCUT2D eigenvalue weighted by molar-refractivity contribution is 0.0624. The predicted octanol–water partition coefficient (Wildman–Crippen LogP) is 0.0227. The number of anilines is 1. The molecular weight excluding hydrogens is 414 g/mol. The molecule has 0 spiro atoms. The number of ketones is 1. The van der Waals surface area contributed by atoms with Crippen molar-refractivity contribution in [1.29, 1.82) is 0 Å². The van der Waals surface area contributed by atoms with E-state index in [2.05, 4.69) is 4.98 Å². The number of piperazine rings is 1. The van der Waals surface area contributed by atoms with E-state index < -0.39 is 17.0 Å². The largest absolute Gasteiger partial charge is 0.384 e. The molecule has 2 aromatic rings. The van der Waals surface area contributed by atoms with Crippen molar-refractivity contribution in [1.82, 2.24) is 19.4 Å². The highest BCUT2D eigenvalue weighted by molar-refractivity contribution is 6.01. The highest BCUT2D eigenvalue weighted by Crippen LogP contribution is 2.14. The van der Waals surface area contributed by atoms with Crippen LogP contribution in [0.2, 0.25) is 0 Å². The summed E-state index contributed by atoms with van der Waals surface area (Å²) >= 11 is 0. The van der Waals surface area contributed by atoms with Crippen molar-refractivity contribution in [3.8, 4) is 0 Å². The smallest absolute Gasteiger partial charge is 0.330 e. The van der Waals surface area contributed by atoms with Gasteiger partial charge in [0.15, 0.2) is 5.78 Å². The number of rotatable bonds is 7. The molecule has 1 saturated heterocycles. The monoisotopic (exact) mass is 443 g/mol. The Hall–Kier alpha value is -3.24. The Morgan fingerprint density at radius 3 is 2.28 bits per heavy atom. The second kappa shape index (κ2) is 9.92. The molecule has 0 aliphatic carbocycles. The number of nitrogens with one attached hydrogen (secondary N) is 1. The van der Waals surface area contributed by atoms with E-state index in [-0.39, 0.29) is 37.0 Å². The van der Waals surface area contributed by atoms with E-state index in [9.17, 15) is 19.2 Å². The van der Waals surface area contributed by atoms with Gasteiger partial charge in [-0.15, -0.1) is 0 Å². The summed E-state index contributed by atoms with van der Waals surface area (Å²) in [5.74, 6) is -0.665. The first-order valence-electron chi connectivity index (χ1n) is 10.5. The van der Waals surface area contributed by atoms with E-state index in [0.717, 1.165) is 15.7 Å². The summed E-state index contributed by atoms with van der Waals surface area (Å²) in [7, 11) is 1.48. The molecule has 10 heteroatoms. The summed E-state index contributed by atoms with van der Waals surface area (Å²) in [6.07, 6.45) is 0. The lowest BCUT2D eigenvalue weighted by atomic mass is 10.1. The molecule has 1 aromatic heterocycles. The summed E-state index contributed by atoms with van der Waals surface area (Å²) in [6, 6.07) is 5.77. The minimum absolute atomic E-state index is 0.0264. The van der Waals surface area contributed by atoms with Crippen molar-refractivity contribution in [3.63, 3.8) is 0 Å². The first kappa shape index (κ1) is 23.4. The van der Waals surface area contributed by atoms with Crippen molar-refractivity contribution in [2.75, 3.05) is 52.2 Å². The van der Waals surface area contributed by atoms with Gasteiger partial charge in [-0.1, -0.05) is 17.2 Å². The summed E-state index contributed by atoms with van der Waals surface area (Å²) in [4.78, 5) is 55.7. The van der Waals surface area contributed by atoms with Crippen LogP contribution in [0, 0.1) is 13.8 Å². The number of aromatic amines is 1. The second-order valence-corrected chi connectivity index (χ2v) is 8.03. The number of hydrogen-bond acceptors (Lipinski definition) is 7. The van der Waals surface area contributed by atoms with Crippen LogP contribution in [0.15, 0.2) is 27.8 Å². The molecule has 0 radical (unpaired) electrons. The minimum atomic E-state index is -0.796. The summed E-state index contributed by atoms with van der Waals surface area (Å²) < 4.78 is 6.07. The molecule has 1 amide bonds. The van der Waals surface area contributed by atoms with Gasteiger partial charge in [-0.05, 0) is 26.0 Å². The molecule has 3 N–H and O–H groups in total. The van der Waals surface area contributed by atoms with Crippen LogP contribution >= 0.6 is 0 Å². The standard InChI is InChI=1S/C22H29N5O5/c1-14-10-15(2)12-16(11-14)21(30)26-6-4-25(5-7-26)13-17(28)18-19(23)27(8-9-32-3)22(31)24-20(18)29/h10-12H,4-9,13,23H2,1-3H3,(H,24,29,31). The summed E-state index contributed by atoms with van der Waals surface area (Å²) in [6.45, 7) is 6.14. The number of aromatic nitrogens is 2. The maximum atomic E-state index is 12.8. The maximum Gasteiger partial charge on any atom is 0.330 e. The maximum absolute atomic E-state index is 12.8. The third-order valence-corrected chi connectivity index (χ3v) is 5.53. The molecule has 0 bridgehead atoms. The molecule has 32 heavy (non-hydrogen) atoms. The molecule has 1 aliphatic heterocycles. The number of carbonyl (C=O) groups excluding carboxylic acids is 2. The SMILES string of the molecule is COCCn1c(N)c(C(=O)CN2CCN(C(=O)c3cc(C)cc(C)c3)CC2)c(=O)[nH]c1=O. The van der Waals surface area contributed by atoms with Gasteiger partial charge < -0.3 is 15.4 Å². The number of benzene rings is 1. The molecule has 0 atom stereocenters. The van der Waals surface area contributed by atoms with Crippen LogP contribution in [0.25, 0.3) is 0 Å². The van der Waals surface area contributed by atoms with Crippen LogP contribution in [0.5, 0.6) is 0 Å². The topological polar surface area (TPSA) is 131 Å².